The predicted molar refractivity (Wildman–Crippen MR) is 63.6 cm³/mol. The Kier molecular flexibility index (Phi) is 4.58. The molecule has 0 aliphatic carbocycles. The molecule has 2 nitrogen and oxygen atoms in total. The van der Waals surface area contributed by atoms with E-state index in [0.717, 1.165) is 5.69 Å². The predicted octanol–water partition coefficient (Wildman–Crippen LogP) is 3.35. The Labute approximate surface area is 99.6 Å². The third-order valence-electron chi connectivity index (χ3n) is 2.17. The Hall–Kier alpha value is -0.570. The molecule has 1 aromatic rings. The van der Waals surface area contributed by atoms with Crippen LogP contribution in [0, 0.1) is 6.92 Å². The average Bonchev–Trinajstić information content (AvgIpc) is 2.14. The van der Waals surface area contributed by atoms with Crippen LogP contribution in [-0.2, 0) is 0 Å². The molecule has 0 aliphatic rings. The van der Waals surface area contributed by atoms with Crippen molar-refractivity contribution in [2.24, 2.45) is 0 Å². The van der Waals surface area contributed by atoms with Crippen LogP contribution in [0.3, 0.4) is 0 Å². The van der Waals surface area contributed by atoms with Crippen molar-refractivity contribution in [3.8, 4) is 0 Å². The summed E-state index contributed by atoms with van der Waals surface area (Å²) in [6, 6.07) is 1.74. The second-order valence-corrected chi connectivity index (χ2v) is 4.12. The van der Waals surface area contributed by atoms with E-state index in [1.54, 1.807) is 12.1 Å². The molecular weight excluding hydrogens is 233 g/mol. The molecule has 0 radical (unpaired) electrons. The van der Waals surface area contributed by atoms with Gasteiger partial charge in [0.2, 0.25) is 0 Å². The fourth-order valence-electron chi connectivity index (χ4n) is 1.46. The van der Waals surface area contributed by atoms with E-state index in [0.29, 0.717) is 22.2 Å². The maximum atomic E-state index is 9.24. The van der Waals surface area contributed by atoms with Crippen molar-refractivity contribution in [2.75, 3.05) is 6.61 Å². The molecular formula is C11H13Cl2NO. The molecule has 82 valence electrons. The zero-order chi connectivity index (χ0) is 11.4. The molecule has 1 N–H and O–H groups in total. The monoisotopic (exact) mass is 245 g/mol. The minimum absolute atomic E-state index is 0.0177. The van der Waals surface area contributed by atoms with E-state index in [2.05, 4.69) is 11.6 Å². The van der Waals surface area contributed by atoms with Gasteiger partial charge in [0.05, 0.1) is 6.61 Å². The summed E-state index contributed by atoms with van der Waals surface area (Å²) in [5, 5.41) is 10.1. The van der Waals surface area contributed by atoms with Crippen LogP contribution in [0.5, 0.6) is 0 Å². The van der Waals surface area contributed by atoms with Gasteiger partial charge in [0.15, 0.2) is 0 Å². The number of hydrogen-bond acceptors (Lipinski definition) is 2. The van der Waals surface area contributed by atoms with E-state index in [1.807, 2.05) is 6.92 Å². The van der Waals surface area contributed by atoms with Crippen molar-refractivity contribution in [2.45, 2.75) is 19.3 Å². The fraction of sp³-hybridized carbons (Fsp3) is 0.364. The first-order valence-corrected chi connectivity index (χ1v) is 5.40. The van der Waals surface area contributed by atoms with Gasteiger partial charge in [-0.3, -0.25) is 0 Å². The van der Waals surface area contributed by atoms with Crippen LogP contribution in [-0.4, -0.2) is 16.7 Å². The molecule has 0 aromatic carbocycles. The number of rotatable bonds is 4. The van der Waals surface area contributed by atoms with Crippen molar-refractivity contribution in [1.82, 2.24) is 4.98 Å². The zero-order valence-electron chi connectivity index (χ0n) is 8.50. The van der Waals surface area contributed by atoms with Crippen LogP contribution >= 0.6 is 23.2 Å². The Morgan fingerprint density at radius 2 is 2.27 bits per heavy atom. The van der Waals surface area contributed by atoms with Crippen LogP contribution in [0.4, 0.5) is 0 Å². The van der Waals surface area contributed by atoms with Crippen LogP contribution in [0.1, 0.15) is 23.6 Å². The smallest absolute Gasteiger partial charge is 0.134 e. The largest absolute Gasteiger partial charge is 0.396 e. The molecule has 0 fully saturated rings. The summed E-state index contributed by atoms with van der Waals surface area (Å²) in [6.45, 7) is 5.44. The van der Waals surface area contributed by atoms with E-state index in [-0.39, 0.29) is 12.5 Å². The summed E-state index contributed by atoms with van der Waals surface area (Å²) in [4.78, 5) is 4.12. The Balaban J connectivity index is 3.16. The lowest BCUT2D eigenvalue weighted by atomic mass is 9.98. The highest BCUT2D eigenvalue weighted by atomic mass is 35.5. The summed E-state index contributed by atoms with van der Waals surface area (Å²) < 4.78 is 0. The quantitative estimate of drug-likeness (QED) is 0.652. The summed E-state index contributed by atoms with van der Waals surface area (Å²) in [5.74, 6) is -0.129. The summed E-state index contributed by atoms with van der Waals surface area (Å²) >= 11 is 12.1. The molecule has 4 heteroatoms. The van der Waals surface area contributed by atoms with E-state index in [1.165, 1.54) is 0 Å². The number of aliphatic hydroxyl groups is 1. The van der Waals surface area contributed by atoms with Crippen molar-refractivity contribution in [3.05, 3.63) is 40.2 Å². The number of aliphatic hydroxyl groups excluding tert-OH is 1. The topological polar surface area (TPSA) is 33.1 Å². The first kappa shape index (κ1) is 12.5. The summed E-state index contributed by atoms with van der Waals surface area (Å²) in [5.41, 5.74) is 1.47. The Morgan fingerprint density at radius 3 is 2.73 bits per heavy atom. The molecule has 15 heavy (non-hydrogen) atoms. The lowest BCUT2D eigenvalue weighted by molar-refractivity contribution is 0.266. The van der Waals surface area contributed by atoms with Gasteiger partial charge in [-0.25, -0.2) is 4.98 Å². The number of allylic oxidation sites excluding steroid dienone is 1. The van der Waals surface area contributed by atoms with Gasteiger partial charge in [-0.15, -0.1) is 6.58 Å². The minimum Gasteiger partial charge on any atom is -0.396 e. The molecule has 0 aliphatic heterocycles. The molecule has 1 unspecified atom stereocenters. The van der Waals surface area contributed by atoms with Crippen LogP contribution in [0.2, 0.25) is 10.2 Å². The van der Waals surface area contributed by atoms with E-state index < -0.39 is 0 Å². The molecule has 0 spiro atoms. The average molecular weight is 246 g/mol. The second-order valence-electron chi connectivity index (χ2n) is 3.35. The molecule has 1 atom stereocenters. The standard InChI is InChI=1S/C11H13Cl2NO/c1-3-4-8(6-15)10-9(12)5-7(2)14-11(10)13/h3,5,8,15H,1,4,6H2,2H3. The van der Waals surface area contributed by atoms with Gasteiger partial charge < -0.3 is 5.11 Å². The SMILES string of the molecule is C=CCC(CO)c1c(Cl)cc(C)nc1Cl. The Morgan fingerprint density at radius 1 is 1.60 bits per heavy atom. The number of pyridine rings is 1. The highest BCUT2D eigenvalue weighted by Crippen LogP contribution is 2.32. The number of halogens is 2. The van der Waals surface area contributed by atoms with Gasteiger partial charge in [0.25, 0.3) is 0 Å². The molecule has 1 aromatic heterocycles. The van der Waals surface area contributed by atoms with Crippen molar-refractivity contribution in [1.29, 1.82) is 0 Å². The van der Waals surface area contributed by atoms with Crippen molar-refractivity contribution in [3.63, 3.8) is 0 Å². The number of nitrogens with zero attached hydrogens (tertiary/aromatic N) is 1. The van der Waals surface area contributed by atoms with Gasteiger partial charge in [0.1, 0.15) is 5.15 Å². The highest BCUT2D eigenvalue weighted by molar-refractivity contribution is 6.35. The van der Waals surface area contributed by atoms with Gasteiger partial charge in [-0.2, -0.15) is 0 Å². The minimum atomic E-state index is -0.129. The number of aryl methyl sites for hydroxylation is 1. The maximum Gasteiger partial charge on any atom is 0.134 e. The van der Waals surface area contributed by atoms with E-state index in [9.17, 15) is 5.11 Å². The van der Waals surface area contributed by atoms with Crippen LogP contribution in [0.25, 0.3) is 0 Å². The summed E-state index contributed by atoms with van der Waals surface area (Å²) in [7, 11) is 0. The van der Waals surface area contributed by atoms with Gasteiger partial charge in [0, 0.05) is 22.2 Å². The maximum absolute atomic E-state index is 9.24. The third kappa shape index (κ3) is 2.94. The molecule has 0 bridgehead atoms. The van der Waals surface area contributed by atoms with E-state index >= 15 is 0 Å². The first-order valence-electron chi connectivity index (χ1n) is 4.64. The molecule has 1 heterocycles. The van der Waals surface area contributed by atoms with Gasteiger partial charge >= 0.3 is 0 Å². The lowest BCUT2D eigenvalue weighted by Gasteiger charge is -2.15. The van der Waals surface area contributed by atoms with Crippen LogP contribution in [0.15, 0.2) is 18.7 Å². The molecule has 0 amide bonds. The number of hydrogen-bond donors (Lipinski definition) is 1. The first-order chi connectivity index (χ1) is 7.10. The Bertz CT molecular complexity index is 343. The third-order valence-corrected chi connectivity index (χ3v) is 2.77. The molecule has 1 rings (SSSR count). The zero-order valence-corrected chi connectivity index (χ0v) is 10.0. The molecule has 0 saturated carbocycles. The lowest BCUT2D eigenvalue weighted by Crippen LogP contribution is -2.06. The fourth-order valence-corrected chi connectivity index (χ4v) is 2.29. The van der Waals surface area contributed by atoms with E-state index in [4.69, 9.17) is 23.2 Å². The number of aromatic nitrogens is 1. The highest BCUT2D eigenvalue weighted by Gasteiger charge is 2.17. The van der Waals surface area contributed by atoms with Gasteiger partial charge in [-0.1, -0.05) is 29.3 Å². The van der Waals surface area contributed by atoms with Gasteiger partial charge in [-0.05, 0) is 19.4 Å². The normalized spacial score (nSPS) is 12.5. The van der Waals surface area contributed by atoms with Crippen molar-refractivity contribution >= 4 is 23.2 Å². The molecule has 0 saturated heterocycles. The van der Waals surface area contributed by atoms with Crippen LogP contribution < -0.4 is 0 Å². The summed E-state index contributed by atoms with van der Waals surface area (Å²) in [6.07, 6.45) is 2.36. The van der Waals surface area contributed by atoms with Crippen molar-refractivity contribution < 1.29 is 5.11 Å². The second kappa shape index (κ2) is 5.50.